The molecule has 0 aliphatic rings. The predicted octanol–water partition coefficient (Wildman–Crippen LogP) is 3.32. The van der Waals surface area contributed by atoms with Gasteiger partial charge in [-0.15, -0.1) is 12.6 Å². The van der Waals surface area contributed by atoms with E-state index in [2.05, 4.69) is 17.6 Å². The summed E-state index contributed by atoms with van der Waals surface area (Å²) in [6, 6.07) is 11.3. The van der Waals surface area contributed by atoms with Crippen LogP contribution >= 0.6 is 12.6 Å². The quantitative estimate of drug-likeness (QED) is 0.588. The van der Waals surface area contributed by atoms with E-state index in [0.29, 0.717) is 0 Å². The molecule has 1 aromatic heterocycles. The lowest BCUT2D eigenvalue weighted by atomic mass is 10.3. The van der Waals surface area contributed by atoms with Gasteiger partial charge in [0.15, 0.2) is 0 Å². The Morgan fingerprint density at radius 3 is 2.71 bits per heavy atom. The van der Waals surface area contributed by atoms with E-state index in [0.717, 1.165) is 16.3 Å². The number of rotatable bonds is 2. The van der Waals surface area contributed by atoms with Gasteiger partial charge < -0.3 is 4.42 Å². The molecule has 0 amide bonds. The lowest BCUT2D eigenvalue weighted by Gasteiger charge is -1.95. The molecule has 1 aromatic carbocycles. The van der Waals surface area contributed by atoms with Gasteiger partial charge in [-0.05, 0) is 24.3 Å². The van der Waals surface area contributed by atoms with E-state index in [1.54, 1.807) is 12.5 Å². The maximum Gasteiger partial charge on any atom is 0.144 e. The molecule has 0 aliphatic heterocycles. The predicted molar refractivity (Wildman–Crippen MR) is 59.7 cm³/mol. The molecule has 3 heteroatoms. The Morgan fingerprint density at radius 1 is 1.14 bits per heavy atom. The Balaban J connectivity index is 2.23. The van der Waals surface area contributed by atoms with Gasteiger partial charge in [-0.3, -0.25) is 4.99 Å². The minimum Gasteiger partial charge on any atom is -0.463 e. The maximum absolute atomic E-state index is 5.12. The zero-order valence-electron chi connectivity index (χ0n) is 7.42. The molecule has 0 unspecified atom stereocenters. The summed E-state index contributed by atoms with van der Waals surface area (Å²) in [4.78, 5) is 5.11. The second kappa shape index (κ2) is 4.15. The molecular weight excluding hydrogens is 194 g/mol. The van der Waals surface area contributed by atoms with E-state index >= 15 is 0 Å². The van der Waals surface area contributed by atoms with Gasteiger partial charge in [-0.1, -0.05) is 12.1 Å². The van der Waals surface area contributed by atoms with Crippen LogP contribution in [0.25, 0.3) is 0 Å². The highest BCUT2D eigenvalue weighted by Crippen LogP contribution is 2.21. The van der Waals surface area contributed by atoms with Gasteiger partial charge >= 0.3 is 0 Å². The summed E-state index contributed by atoms with van der Waals surface area (Å²) < 4.78 is 5.12. The molecular formula is C11H9NOS. The largest absolute Gasteiger partial charge is 0.463 e. The highest BCUT2D eigenvalue weighted by molar-refractivity contribution is 7.80. The first-order valence-electron chi connectivity index (χ1n) is 4.22. The van der Waals surface area contributed by atoms with Crippen LogP contribution in [0.15, 0.2) is 57.0 Å². The van der Waals surface area contributed by atoms with E-state index < -0.39 is 0 Å². The smallest absolute Gasteiger partial charge is 0.144 e. The number of thiol groups is 1. The van der Waals surface area contributed by atoms with Crippen molar-refractivity contribution in [2.75, 3.05) is 0 Å². The molecule has 14 heavy (non-hydrogen) atoms. The second-order valence-corrected chi connectivity index (χ2v) is 3.24. The lowest BCUT2D eigenvalue weighted by Crippen LogP contribution is -1.74. The van der Waals surface area contributed by atoms with Gasteiger partial charge in [-0.2, -0.15) is 0 Å². The number of benzene rings is 1. The van der Waals surface area contributed by atoms with Crippen molar-refractivity contribution in [1.29, 1.82) is 0 Å². The van der Waals surface area contributed by atoms with Crippen molar-refractivity contribution in [3.63, 3.8) is 0 Å². The van der Waals surface area contributed by atoms with Gasteiger partial charge in [0.1, 0.15) is 5.76 Å². The lowest BCUT2D eigenvalue weighted by molar-refractivity contribution is 0.560. The zero-order valence-corrected chi connectivity index (χ0v) is 8.32. The zero-order chi connectivity index (χ0) is 9.80. The topological polar surface area (TPSA) is 25.5 Å². The van der Waals surface area contributed by atoms with Crippen LogP contribution in [0.1, 0.15) is 5.76 Å². The van der Waals surface area contributed by atoms with E-state index in [1.807, 2.05) is 36.4 Å². The summed E-state index contributed by atoms with van der Waals surface area (Å²) in [7, 11) is 0. The Bertz CT molecular complexity index is 434. The van der Waals surface area contributed by atoms with Crippen molar-refractivity contribution in [2.45, 2.75) is 4.90 Å². The summed E-state index contributed by atoms with van der Waals surface area (Å²) >= 11 is 4.28. The van der Waals surface area contributed by atoms with Crippen molar-refractivity contribution >= 4 is 24.5 Å². The molecule has 0 spiro atoms. The van der Waals surface area contributed by atoms with E-state index in [1.165, 1.54) is 0 Å². The molecule has 2 rings (SSSR count). The van der Waals surface area contributed by atoms with Crippen LogP contribution in [-0.2, 0) is 0 Å². The van der Waals surface area contributed by atoms with E-state index in [9.17, 15) is 0 Å². The van der Waals surface area contributed by atoms with Crippen molar-refractivity contribution < 1.29 is 4.42 Å². The third-order valence-electron chi connectivity index (χ3n) is 1.76. The molecule has 0 aliphatic carbocycles. The number of aliphatic imine (C=N–C) groups is 1. The Hall–Kier alpha value is -1.48. The minimum absolute atomic E-state index is 0.738. The van der Waals surface area contributed by atoms with Crippen LogP contribution in [-0.4, -0.2) is 6.21 Å². The number of hydrogen-bond acceptors (Lipinski definition) is 3. The first-order valence-corrected chi connectivity index (χ1v) is 4.66. The van der Waals surface area contributed by atoms with Gasteiger partial charge in [0, 0.05) is 4.90 Å². The van der Waals surface area contributed by atoms with E-state index in [4.69, 9.17) is 4.42 Å². The van der Waals surface area contributed by atoms with Crippen molar-refractivity contribution in [1.82, 2.24) is 0 Å². The summed E-state index contributed by atoms with van der Waals surface area (Å²) in [6.07, 6.45) is 3.29. The monoisotopic (exact) mass is 203 g/mol. The first kappa shape index (κ1) is 9.09. The van der Waals surface area contributed by atoms with Gasteiger partial charge in [0.2, 0.25) is 0 Å². The fraction of sp³-hybridized carbons (Fsp3) is 0. The Labute approximate surface area is 87.7 Å². The first-order chi connectivity index (χ1) is 6.86. The molecule has 0 saturated carbocycles. The normalized spacial score (nSPS) is 10.9. The summed E-state index contributed by atoms with van der Waals surface area (Å²) in [6.45, 7) is 0. The van der Waals surface area contributed by atoms with Crippen LogP contribution in [0.2, 0.25) is 0 Å². The van der Waals surface area contributed by atoms with Gasteiger partial charge in [0.25, 0.3) is 0 Å². The standard InChI is InChI=1S/C11H9NOS/c14-11-6-2-1-5-10(11)12-8-9-4-3-7-13-9/h1-8,14H. The summed E-state index contributed by atoms with van der Waals surface area (Å²) in [5.41, 5.74) is 0.840. The van der Waals surface area contributed by atoms with Crippen LogP contribution in [0, 0.1) is 0 Å². The van der Waals surface area contributed by atoms with Crippen molar-refractivity contribution in [3.05, 3.63) is 48.4 Å². The van der Waals surface area contributed by atoms with Gasteiger partial charge in [0.05, 0.1) is 18.2 Å². The molecule has 0 bridgehead atoms. The van der Waals surface area contributed by atoms with E-state index in [-0.39, 0.29) is 0 Å². The Kier molecular flexibility index (Phi) is 2.70. The third kappa shape index (κ3) is 2.06. The molecule has 70 valence electrons. The maximum atomic E-state index is 5.12. The molecule has 1 heterocycles. The highest BCUT2D eigenvalue weighted by atomic mass is 32.1. The average molecular weight is 203 g/mol. The molecule has 0 saturated heterocycles. The molecule has 2 nitrogen and oxygen atoms in total. The number of nitrogens with zero attached hydrogens (tertiary/aromatic N) is 1. The fourth-order valence-corrected chi connectivity index (χ4v) is 1.29. The third-order valence-corrected chi connectivity index (χ3v) is 2.13. The van der Waals surface area contributed by atoms with Crippen LogP contribution < -0.4 is 0 Å². The fourth-order valence-electron chi connectivity index (χ4n) is 1.07. The van der Waals surface area contributed by atoms with Gasteiger partial charge in [-0.25, -0.2) is 0 Å². The average Bonchev–Trinajstić information content (AvgIpc) is 2.69. The minimum atomic E-state index is 0.738. The Morgan fingerprint density at radius 2 is 2.00 bits per heavy atom. The second-order valence-electron chi connectivity index (χ2n) is 2.76. The number of furan rings is 1. The highest BCUT2D eigenvalue weighted by Gasteiger charge is 1.94. The number of para-hydroxylation sites is 1. The van der Waals surface area contributed by atoms with Crippen molar-refractivity contribution in [3.8, 4) is 0 Å². The molecule has 0 fully saturated rings. The molecule has 2 aromatic rings. The molecule has 0 atom stereocenters. The SMILES string of the molecule is Sc1ccccc1N=Cc1ccco1. The summed E-state index contributed by atoms with van der Waals surface area (Å²) in [5, 5.41) is 0. The van der Waals surface area contributed by atoms with Crippen LogP contribution in [0.3, 0.4) is 0 Å². The molecule has 0 N–H and O–H groups in total. The van der Waals surface area contributed by atoms with Crippen LogP contribution in [0.5, 0.6) is 0 Å². The van der Waals surface area contributed by atoms with Crippen molar-refractivity contribution in [2.24, 2.45) is 4.99 Å². The summed E-state index contributed by atoms with van der Waals surface area (Å²) in [5.74, 6) is 0.738. The molecule has 0 radical (unpaired) electrons. The number of hydrogen-bond donors (Lipinski definition) is 1. The van der Waals surface area contributed by atoms with Crippen LogP contribution in [0.4, 0.5) is 5.69 Å².